The summed E-state index contributed by atoms with van der Waals surface area (Å²) in [6, 6.07) is 23.7. The Hall–Kier alpha value is -3.18. The number of nitrogens with zero attached hydrogens (tertiary/aromatic N) is 2. The molecule has 0 unspecified atom stereocenters. The third kappa shape index (κ3) is 3.41. The van der Waals surface area contributed by atoms with E-state index in [2.05, 4.69) is 0 Å². The van der Waals surface area contributed by atoms with Crippen LogP contribution in [0.15, 0.2) is 88.1 Å². The molecule has 136 valence electrons. The predicted octanol–water partition coefficient (Wildman–Crippen LogP) is 4.41. The van der Waals surface area contributed by atoms with E-state index in [0.29, 0.717) is 12.3 Å². The second-order valence-corrected chi connectivity index (χ2v) is 6.53. The van der Waals surface area contributed by atoms with Crippen molar-refractivity contribution in [3.05, 3.63) is 106 Å². The molecule has 0 bridgehead atoms. The number of aromatic nitrogens is 1. The molecule has 27 heavy (non-hydrogen) atoms. The highest BCUT2D eigenvalue weighted by atomic mass is 19.1. The second kappa shape index (κ2) is 7.21. The van der Waals surface area contributed by atoms with Crippen LogP contribution in [0.5, 0.6) is 0 Å². The van der Waals surface area contributed by atoms with Crippen molar-refractivity contribution in [1.29, 1.82) is 0 Å². The maximum absolute atomic E-state index is 13.4. The predicted molar refractivity (Wildman–Crippen MR) is 103 cm³/mol. The SMILES string of the molecule is CN(Cn1c(=O)oc2ccccc21)[C@H](c1ccccc1)c1ccc(F)cc1. The zero-order chi connectivity index (χ0) is 18.8. The van der Waals surface area contributed by atoms with Crippen LogP contribution in [-0.4, -0.2) is 16.5 Å². The fraction of sp³-hybridized carbons (Fsp3) is 0.136. The van der Waals surface area contributed by atoms with Gasteiger partial charge in [-0.25, -0.2) is 9.18 Å². The average Bonchev–Trinajstić information content (AvgIpc) is 3.00. The van der Waals surface area contributed by atoms with Gasteiger partial charge in [0.2, 0.25) is 0 Å². The molecule has 0 spiro atoms. The summed E-state index contributed by atoms with van der Waals surface area (Å²) in [6.07, 6.45) is 0. The average molecular weight is 362 g/mol. The molecule has 0 aliphatic rings. The van der Waals surface area contributed by atoms with E-state index in [1.165, 1.54) is 12.1 Å². The van der Waals surface area contributed by atoms with Crippen LogP contribution in [0.25, 0.3) is 11.1 Å². The lowest BCUT2D eigenvalue weighted by Crippen LogP contribution is -2.31. The van der Waals surface area contributed by atoms with Crippen molar-refractivity contribution in [2.45, 2.75) is 12.7 Å². The van der Waals surface area contributed by atoms with Crippen molar-refractivity contribution in [1.82, 2.24) is 9.47 Å². The van der Waals surface area contributed by atoms with Gasteiger partial charge in [-0.2, -0.15) is 0 Å². The van der Waals surface area contributed by atoms with E-state index < -0.39 is 5.76 Å². The molecule has 5 heteroatoms. The Bertz CT molecular complexity index is 1100. The lowest BCUT2D eigenvalue weighted by molar-refractivity contribution is 0.216. The van der Waals surface area contributed by atoms with Gasteiger partial charge in [-0.1, -0.05) is 54.6 Å². The zero-order valence-electron chi connectivity index (χ0n) is 14.9. The Morgan fingerprint density at radius 3 is 2.30 bits per heavy atom. The fourth-order valence-electron chi connectivity index (χ4n) is 3.43. The first-order valence-electron chi connectivity index (χ1n) is 8.72. The largest absolute Gasteiger partial charge is 0.421 e. The summed E-state index contributed by atoms with van der Waals surface area (Å²) >= 11 is 0. The van der Waals surface area contributed by atoms with Crippen molar-refractivity contribution in [3.63, 3.8) is 0 Å². The van der Waals surface area contributed by atoms with Crippen LogP contribution in [0.4, 0.5) is 4.39 Å². The van der Waals surface area contributed by atoms with Gasteiger partial charge in [0.1, 0.15) is 5.82 Å². The summed E-state index contributed by atoms with van der Waals surface area (Å²) in [5, 5.41) is 0. The summed E-state index contributed by atoms with van der Waals surface area (Å²) in [5.41, 5.74) is 3.33. The summed E-state index contributed by atoms with van der Waals surface area (Å²) < 4.78 is 20.4. The van der Waals surface area contributed by atoms with Crippen LogP contribution in [0.2, 0.25) is 0 Å². The number of hydrogen-bond donors (Lipinski definition) is 0. The second-order valence-electron chi connectivity index (χ2n) is 6.53. The molecule has 4 nitrogen and oxygen atoms in total. The van der Waals surface area contributed by atoms with Gasteiger partial charge in [-0.15, -0.1) is 0 Å². The highest BCUT2D eigenvalue weighted by Crippen LogP contribution is 2.28. The highest BCUT2D eigenvalue weighted by molar-refractivity contribution is 5.72. The van der Waals surface area contributed by atoms with E-state index in [4.69, 9.17) is 4.42 Å². The number of hydrogen-bond acceptors (Lipinski definition) is 3. The summed E-state index contributed by atoms with van der Waals surface area (Å²) in [5.74, 6) is -0.667. The summed E-state index contributed by atoms with van der Waals surface area (Å²) in [6.45, 7) is 0.340. The van der Waals surface area contributed by atoms with Crippen LogP contribution in [0.3, 0.4) is 0 Å². The van der Waals surface area contributed by atoms with Crippen molar-refractivity contribution in [3.8, 4) is 0 Å². The third-order valence-electron chi connectivity index (χ3n) is 4.68. The van der Waals surface area contributed by atoms with Crippen LogP contribution in [-0.2, 0) is 6.67 Å². The molecule has 0 fully saturated rings. The summed E-state index contributed by atoms with van der Waals surface area (Å²) in [4.78, 5) is 14.4. The van der Waals surface area contributed by atoms with Crippen molar-refractivity contribution >= 4 is 11.1 Å². The Kier molecular flexibility index (Phi) is 4.60. The van der Waals surface area contributed by atoms with Gasteiger partial charge in [-0.3, -0.25) is 9.47 Å². The molecule has 0 aliphatic heterocycles. The van der Waals surface area contributed by atoms with Gasteiger partial charge in [0.05, 0.1) is 18.2 Å². The van der Waals surface area contributed by atoms with Crippen molar-refractivity contribution in [2.24, 2.45) is 0 Å². The van der Waals surface area contributed by atoms with E-state index in [1.807, 2.05) is 60.5 Å². The van der Waals surface area contributed by atoms with E-state index in [-0.39, 0.29) is 11.9 Å². The van der Waals surface area contributed by atoms with Crippen molar-refractivity contribution in [2.75, 3.05) is 7.05 Å². The van der Waals surface area contributed by atoms with E-state index >= 15 is 0 Å². The summed E-state index contributed by atoms with van der Waals surface area (Å²) in [7, 11) is 1.94. The molecule has 0 N–H and O–H groups in total. The molecule has 1 atom stereocenters. The molecule has 0 aliphatic carbocycles. The fourth-order valence-corrected chi connectivity index (χ4v) is 3.43. The third-order valence-corrected chi connectivity index (χ3v) is 4.68. The van der Waals surface area contributed by atoms with Gasteiger partial charge < -0.3 is 4.42 Å². The van der Waals surface area contributed by atoms with E-state index in [9.17, 15) is 9.18 Å². The number of rotatable bonds is 5. The molecule has 0 amide bonds. The molecule has 0 radical (unpaired) electrons. The van der Waals surface area contributed by atoms with Gasteiger partial charge in [0.25, 0.3) is 0 Å². The van der Waals surface area contributed by atoms with Crippen LogP contribution >= 0.6 is 0 Å². The lowest BCUT2D eigenvalue weighted by atomic mass is 9.97. The van der Waals surface area contributed by atoms with Gasteiger partial charge >= 0.3 is 5.76 Å². The van der Waals surface area contributed by atoms with Gasteiger partial charge in [-0.05, 0) is 42.4 Å². The molecular formula is C22H19FN2O2. The normalized spacial score (nSPS) is 12.6. The quantitative estimate of drug-likeness (QED) is 0.528. The number of halogens is 1. The Morgan fingerprint density at radius 1 is 0.926 bits per heavy atom. The molecule has 0 saturated heterocycles. The smallest absolute Gasteiger partial charge is 0.408 e. The molecular weight excluding hydrogens is 343 g/mol. The zero-order valence-corrected chi connectivity index (χ0v) is 14.9. The molecule has 1 heterocycles. The first-order valence-corrected chi connectivity index (χ1v) is 8.72. The van der Waals surface area contributed by atoms with Crippen molar-refractivity contribution < 1.29 is 8.81 Å². The molecule has 0 saturated carbocycles. The van der Waals surface area contributed by atoms with Gasteiger partial charge in [0, 0.05) is 0 Å². The topological polar surface area (TPSA) is 38.4 Å². The number of oxazole rings is 1. The van der Waals surface area contributed by atoms with Gasteiger partial charge in [0.15, 0.2) is 5.58 Å². The molecule has 4 rings (SSSR count). The Balaban J connectivity index is 1.74. The maximum atomic E-state index is 13.4. The van der Waals surface area contributed by atoms with E-state index in [0.717, 1.165) is 16.6 Å². The number of fused-ring (bicyclic) bond motifs is 1. The number of benzene rings is 3. The molecule has 4 aromatic rings. The minimum absolute atomic E-state index is 0.132. The first kappa shape index (κ1) is 17.2. The Morgan fingerprint density at radius 2 is 1.56 bits per heavy atom. The number of para-hydroxylation sites is 2. The highest BCUT2D eigenvalue weighted by Gasteiger charge is 2.21. The first-order chi connectivity index (χ1) is 13.1. The van der Waals surface area contributed by atoms with Crippen LogP contribution in [0.1, 0.15) is 17.2 Å². The lowest BCUT2D eigenvalue weighted by Gasteiger charge is -2.29. The van der Waals surface area contributed by atoms with Crippen LogP contribution in [0, 0.1) is 5.82 Å². The van der Waals surface area contributed by atoms with E-state index in [1.54, 1.807) is 22.8 Å². The molecule has 1 aromatic heterocycles. The minimum Gasteiger partial charge on any atom is -0.408 e. The Labute approximate surface area is 156 Å². The standard InChI is InChI=1S/C22H19FN2O2/c1-24(15-25-19-9-5-6-10-20(19)27-22(25)26)21(16-7-3-2-4-8-16)17-11-13-18(23)14-12-17/h2-14,21H,15H2,1H3/t21-/m1/s1. The molecule has 3 aromatic carbocycles. The minimum atomic E-state index is -0.394. The maximum Gasteiger partial charge on any atom is 0.421 e. The monoisotopic (exact) mass is 362 g/mol. The van der Waals surface area contributed by atoms with Crippen LogP contribution < -0.4 is 5.76 Å².